The lowest BCUT2D eigenvalue weighted by atomic mass is 9.55. The molecule has 2 heteroatoms. The molecule has 2 aromatic carbocycles. The fourth-order valence-electron chi connectivity index (χ4n) is 6.81. The Morgan fingerprint density at radius 2 is 1.79 bits per heavy atom. The molecule has 2 nitrogen and oxygen atoms in total. The van der Waals surface area contributed by atoms with Crippen LogP contribution in [-0.2, 0) is 6.42 Å². The Bertz CT molecular complexity index is 959. The Labute approximate surface area is 174 Å². The zero-order chi connectivity index (χ0) is 20.2. The molecule has 152 valence electrons. The Morgan fingerprint density at radius 3 is 2.62 bits per heavy atom. The lowest BCUT2D eigenvalue weighted by Gasteiger charge is -2.50. The van der Waals surface area contributed by atoms with Gasteiger partial charge >= 0.3 is 0 Å². The lowest BCUT2D eigenvalue weighted by molar-refractivity contribution is -0.0226. The SMILES string of the molecule is Cc1ccccc1/C=C/c1cc(O)cc2c1[C@H]1CC[C@]3(C)[C@@H](O)CC[C@H]3[C@@H]1CC2. The van der Waals surface area contributed by atoms with Crippen molar-refractivity contribution in [2.24, 2.45) is 17.3 Å². The summed E-state index contributed by atoms with van der Waals surface area (Å²) in [4.78, 5) is 0. The molecule has 2 fully saturated rings. The number of aromatic hydroxyl groups is 1. The molecule has 0 saturated heterocycles. The Morgan fingerprint density at radius 1 is 1.00 bits per heavy atom. The molecule has 5 rings (SSSR count). The van der Waals surface area contributed by atoms with Crippen LogP contribution < -0.4 is 0 Å². The molecule has 2 aromatic rings. The molecule has 3 aliphatic carbocycles. The van der Waals surface area contributed by atoms with Crippen LogP contribution in [-0.4, -0.2) is 16.3 Å². The summed E-state index contributed by atoms with van der Waals surface area (Å²) in [5, 5.41) is 21.0. The number of phenols is 1. The van der Waals surface area contributed by atoms with Crippen molar-refractivity contribution in [2.75, 3.05) is 0 Å². The minimum Gasteiger partial charge on any atom is -0.508 e. The van der Waals surface area contributed by atoms with Crippen LogP contribution in [0.5, 0.6) is 5.75 Å². The highest BCUT2D eigenvalue weighted by atomic mass is 16.3. The molecule has 0 amide bonds. The summed E-state index contributed by atoms with van der Waals surface area (Å²) in [6, 6.07) is 12.4. The first-order chi connectivity index (χ1) is 14.0. The smallest absolute Gasteiger partial charge is 0.116 e. The van der Waals surface area contributed by atoms with Gasteiger partial charge in [0.25, 0.3) is 0 Å². The number of aliphatic hydroxyl groups is 1. The van der Waals surface area contributed by atoms with Gasteiger partial charge in [-0.25, -0.2) is 0 Å². The van der Waals surface area contributed by atoms with Crippen molar-refractivity contribution in [3.8, 4) is 5.75 Å². The molecule has 29 heavy (non-hydrogen) atoms. The van der Waals surface area contributed by atoms with Gasteiger partial charge in [0, 0.05) is 0 Å². The number of aliphatic hydroxyl groups excluding tert-OH is 1. The molecule has 2 saturated carbocycles. The molecular formula is C27H32O2. The van der Waals surface area contributed by atoms with Crippen molar-refractivity contribution < 1.29 is 10.2 Å². The van der Waals surface area contributed by atoms with E-state index >= 15 is 0 Å². The summed E-state index contributed by atoms with van der Waals surface area (Å²) >= 11 is 0. The van der Waals surface area contributed by atoms with Crippen molar-refractivity contribution in [2.45, 2.75) is 64.4 Å². The van der Waals surface area contributed by atoms with Gasteiger partial charge < -0.3 is 10.2 Å². The van der Waals surface area contributed by atoms with Gasteiger partial charge in [0.05, 0.1) is 6.10 Å². The predicted octanol–water partition coefficient (Wildman–Crippen LogP) is 6.09. The number of rotatable bonds is 2. The quantitative estimate of drug-likeness (QED) is 0.611. The van der Waals surface area contributed by atoms with Gasteiger partial charge in [0.2, 0.25) is 0 Å². The standard InChI is InChI=1S/C27H32O2/c1-17-5-3-4-6-18(17)7-8-19-15-21(28)16-20-9-10-22-23(26(19)20)13-14-27(2)24(22)11-12-25(27)29/h3-8,15-16,22-25,28-29H,9-14H2,1-2H3/b8-7+/t22-,23+,24+,25+,27+/m1/s1. The maximum absolute atomic E-state index is 10.7. The fourth-order valence-corrected chi connectivity index (χ4v) is 6.81. The molecular weight excluding hydrogens is 356 g/mol. The lowest BCUT2D eigenvalue weighted by Crippen LogP contribution is -2.44. The highest BCUT2D eigenvalue weighted by Crippen LogP contribution is 2.61. The van der Waals surface area contributed by atoms with Gasteiger partial charge in [-0.2, -0.15) is 0 Å². The van der Waals surface area contributed by atoms with Crippen LogP contribution in [0.25, 0.3) is 12.2 Å². The van der Waals surface area contributed by atoms with Crippen LogP contribution in [0, 0.1) is 24.2 Å². The van der Waals surface area contributed by atoms with E-state index in [-0.39, 0.29) is 11.5 Å². The summed E-state index contributed by atoms with van der Waals surface area (Å²) in [7, 11) is 0. The third kappa shape index (κ3) is 3.04. The van der Waals surface area contributed by atoms with Crippen LogP contribution in [0.4, 0.5) is 0 Å². The zero-order valence-electron chi connectivity index (χ0n) is 17.6. The van der Waals surface area contributed by atoms with E-state index in [1.54, 1.807) is 0 Å². The average molecular weight is 389 g/mol. The zero-order valence-corrected chi connectivity index (χ0v) is 17.6. The maximum atomic E-state index is 10.7. The Balaban J connectivity index is 1.54. The van der Waals surface area contributed by atoms with Crippen LogP contribution in [0.3, 0.4) is 0 Å². The summed E-state index contributed by atoms with van der Waals surface area (Å²) in [6.45, 7) is 4.47. The minimum absolute atomic E-state index is 0.104. The van der Waals surface area contributed by atoms with Crippen LogP contribution in [0.2, 0.25) is 0 Å². The highest BCUT2D eigenvalue weighted by molar-refractivity contribution is 5.74. The van der Waals surface area contributed by atoms with Gasteiger partial charge in [0.1, 0.15) is 5.75 Å². The second kappa shape index (κ2) is 7.02. The molecule has 3 aliphatic rings. The van der Waals surface area contributed by atoms with E-state index in [0.717, 1.165) is 25.7 Å². The number of aryl methyl sites for hydroxylation is 2. The average Bonchev–Trinajstić information content (AvgIpc) is 3.01. The van der Waals surface area contributed by atoms with Gasteiger partial charge in [-0.05, 0) is 109 Å². The third-order valence-electron chi connectivity index (χ3n) is 8.42. The Hall–Kier alpha value is -2.06. The highest BCUT2D eigenvalue weighted by Gasteiger charge is 2.54. The van der Waals surface area contributed by atoms with Crippen LogP contribution in [0.1, 0.15) is 72.8 Å². The van der Waals surface area contributed by atoms with E-state index < -0.39 is 0 Å². The van der Waals surface area contributed by atoms with Crippen LogP contribution >= 0.6 is 0 Å². The monoisotopic (exact) mass is 388 g/mol. The topological polar surface area (TPSA) is 40.5 Å². The maximum Gasteiger partial charge on any atom is 0.116 e. The van der Waals surface area contributed by atoms with E-state index in [1.807, 2.05) is 12.1 Å². The Kier molecular flexibility index (Phi) is 4.58. The van der Waals surface area contributed by atoms with Gasteiger partial charge in [-0.15, -0.1) is 0 Å². The van der Waals surface area contributed by atoms with Gasteiger partial charge in [-0.3, -0.25) is 0 Å². The minimum atomic E-state index is -0.130. The molecule has 0 aliphatic heterocycles. The number of hydrogen-bond donors (Lipinski definition) is 2. The molecule has 0 heterocycles. The molecule has 0 spiro atoms. The van der Waals surface area contributed by atoms with Crippen molar-refractivity contribution in [1.29, 1.82) is 0 Å². The van der Waals surface area contributed by atoms with Crippen LogP contribution in [0.15, 0.2) is 36.4 Å². The summed E-state index contributed by atoms with van der Waals surface area (Å²) in [5.74, 6) is 2.22. The fraction of sp³-hybridized carbons (Fsp3) is 0.481. The first-order valence-corrected chi connectivity index (χ1v) is 11.2. The molecule has 0 aromatic heterocycles. The molecule has 5 atom stereocenters. The molecule has 0 unspecified atom stereocenters. The van der Waals surface area contributed by atoms with E-state index in [0.29, 0.717) is 23.5 Å². The molecule has 0 radical (unpaired) electrons. The normalized spacial score (nSPS) is 33.3. The van der Waals surface area contributed by atoms with E-state index in [9.17, 15) is 10.2 Å². The number of benzene rings is 2. The van der Waals surface area contributed by atoms with Gasteiger partial charge in [-0.1, -0.05) is 43.3 Å². The molecule has 2 N–H and O–H groups in total. The number of fused-ring (bicyclic) bond motifs is 5. The predicted molar refractivity (Wildman–Crippen MR) is 119 cm³/mol. The second-order valence-electron chi connectivity index (χ2n) is 9.85. The van der Waals surface area contributed by atoms with E-state index in [1.165, 1.54) is 40.7 Å². The molecule has 0 bridgehead atoms. The summed E-state index contributed by atoms with van der Waals surface area (Å²) in [5.41, 5.74) is 6.58. The van der Waals surface area contributed by atoms with Crippen molar-refractivity contribution in [3.05, 3.63) is 64.2 Å². The third-order valence-corrected chi connectivity index (χ3v) is 8.42. The largest absolute Gasteiger partial charge is 0.508 e. The second-order valence-corrected chi connectivity index (χ2v) is 9.85. The summed E-state index contributed by atoms with van der Waals surface area (Å²) in [6.07, 6.45) is 10.9. The van der Waals surface area contributed by atoms with Gasteiger partial charge in [0.15, 0.2) is 0 Å². The number of hydrogen-bond acceptors (Lipinski definition) is 2. The van der Waals surface area contributed by atoms with E-state index in [4.69, 9.17) is 0 Å². The number of phenolic OH excluding ortho intramolecular Hbond substituents is 1. The van der Waals surface area contributed by atoms with Crippen molar-refractivity contribution in [1.82, 2.24) is 0 Å². The van der Waals surface area contributed by atoms with E-state index in [2.05, 4.69) is 50.3 Å². The van der Waals surface area contributed by atoms with Crippen molar-refractivity contribution in [3.63, 3.8) is 0 Å². The summed E-state index contributed by atoms with van der Waals surface area (Å²) < 4.78 is 0. The first-order valence-electron chi connectivity index (χ1n) is 11.2. The van der Waals surface area contributed by atoms with Crippen molar-refractivity contribution >= 4 is 12.2 Å². The first kappa shape index (κ1) is 18.9.